The lowest BCUT2D eigenvalue weighted by atomic mass is 10.1. The van der Waals surface area contributed by atoms with E-state index in [-0.39, 0.29) is 0 Å². The summed E-state index contributed by atoms with van der Waals surface area (Å²) >= 11 is 1.68. The Bertz CT molecular complexity index is 794. The zero-order chi connectivity index (χ0) is 14.8. The van der Waals surface area contributed by atoms with Crippen LogP contribution in [0.5, 0.6) is 0 Å². The molecule has 0 saturated carbocycles. The average Bonchev–Trinajstić information content (AvgIpc) is 2.84. The van der Waals surface area contributed by atoms with Crippen molar-refractivity contribution in [1.82, 2.24) is 4.98 Å². The SMILES string of the molecule is Cc1nc2ccc(NCc3ccc(C(=O)O)cc3)cc2s1. The normalized spacial score (nSPS) is 10.7. The number of aryl methyl sites for hydroxylation is 1. The van der Waals surface area contributed by atoms with Crippen LogP contribution in [0.25, 0.3) is 10.2 Å². The molecule has 0 radical (unpaired) electrons. The third-order valence-electron chi connectivity index (χ3n) is 3.19. The minimum atomic E-state index is -0.902. The molecule has 0 unspecified atom stereocenters. The number of fused-ring (bicyclic) bond motifs is 1. The average molecular weight is 298 g/mol. The lowest BCUT2D eigenvalue weighted by Crippen LogP contribution is -2.01. The number of anilines is 1. The number of carbonyl (C=O) groups is 1. The van der Waals surface area contributed by atoms with Crippen molar-refractivity contribution >= 4 is 33.2 Å². The van der Waals surface area contributed by atoms with Crippen LogP contribution < -0.4 is 5.32 Å². The Hall–Kier alpha value is -2.40. The van der Waals surface area contributed by atoms with Crippen LogP contribution in [0.1, 0.15) is 20.9 Å². The number of nitrogens with zero attached hydrogens (tertiary/aromatic N) is 1. The molecule has 0 aliphatic rings. The van der Waals surface area contributed by atoms with E-state index < -0.39 is 5.97 Å². The van der Waals surface area contributed by atoms with Gasteiger partial charge in [-0.05, 0) is 42.8 Å². The molecule has 1 heterocycles. The van der Waals surface area contributed by atoms with Crippen LogP contribution in [-0.4, -0.2) is 16.1 Å². The van der Waals surface area contributed by atoms with Crippen LogP contribution in [0.4, 0.5) is 5.69 Å². The Morgan fingerprint density at radius 3 is 2.71 bits per heavy atom. The number of hydrogen-bond donors (Lipinski definition) is 2. The highest BCUT2D eigenvalue weighted by molar-refractivity contribution is 7.18. The van der Waals surface area contributed by atoms with E-state index in [4.69, 9.17) is 5.11 Å². The van der Waals surface area contributed by atoms with Gasteiger partial charge in [0.25, 0.3) is 0 Å². The maximum Gasteiger partial charge on any atom is 0.335 e. The molecule has 2 aromatic carbocycles. The monoisotopic (exact) mass is 298 g/mol. The van der Waals surface area contributed by atoms with Gasteiger partial charge in [-0.2, -0.15) is 0 Å². The molecule has 2 N–H and O–H groups in total. The lowest BCUT2D eigenvalue weighted by molar-refractivity contribution is 0.0697. The predicted octanol–water partition coefficient (Wildman–Crippen LogP) is 3.92. The fourth-order valence-corrected chi connectivity index (χ4v) is 2.99. The minimum Gasteiger partial charge on any atom is -0.478 e. The highest BCUT2D eigenvalue weighted by atomic mass is 32.1. The summed E-state index contributed by atoms with van der Waals surface area (Å²) in [5, 5.41) is 13.3. The first kappa shape index (κ1) is 13.6. The molecule has 0 bridgehead atoms. The van der Waals surface area contributed by atoms with Crippen molar-refractivity contribution in [3.05, 3.63) is 58.6 Å². The van der Waals surface area contributed by atoms with Crippen LogP contribution in [0.15, 0.2) is 42.5 Å². The number of carboxylic acids is 1. The Morgan fingerprint density at radius 2 is 2.00 bits per heavy atom. The van der Waals surface area contributed by atoms with Gasteiger partial charge in [-0.1, -0.05) is 12.1 Å². The molecular weight excluding hydrogens is 284 g/mol. The molecule has 0 aliphatic carbocycles. The number of thiazole rings is 1. The summed E-state index contributed by atoms with van der Waals surface area (Å²) in [7, 11) is 0. The Morgan fingerprint density at radius 1 is 1.24 bits per heavy atom. The second-order valence-corrected chi connectivity index (χ2v) is 6.01. The van der Waals surface area contributed by atoms with Crippen LogP contribution >= 0.6 is 11.3 Å². The summed E-state index contributed by atoms with van der Waals surface area (Å²) in [4.78, 5) is 15.2. The van der Waals surface area contributed by atoms with Gasteiger partial charge in [0.1, 0.15) is 0 Å². The first-order valence-corrected chi connectivity index (χ1v) is 7.37. The highest BCUT2D eigenvalue weighted by Crippen LogP contribution is 2.25. The van der Waals surface area contributed by atoms with Crippen molar-refractivity contribution in [2.45, 2.75) is 13.5 Å². The number of hydrogen-bond acceptors (Lipinski definition) is 4. The summed E-state index contributed by atoms with van der Waals surface area (Å²) in [6.07, 6.45) is 0. The first-order chi connectivity index (χ1) is 10.1. The fourth-order valence-electron chi connectivity index (χ4n) is 2.12. The van der Waals surface area contributed by atoms with E-state index >= 15 is 0 Å². The van der Waals surface area contributed by atoms with E-state index in [0.717, 1.165) is 21.8 Å². The summed E-state index contributed by atoms with van der Waals surface area (Å²) in [5.41, 5.74) is 3.41. The zero-order valence-corrected chi connectivity index (χ0v) is 12.3. The minimum absolute atomic E-state index is 0.306. The molecule has 0 fully saturated rings. The molecule has 106 valence electrons. The molecule has 0 saturated heterocycles. The maximum atomic E-state index is 10.8. The Labute approximate surface area is 126 Å². The molecule has 0 spiro atoms. The van der Waals surface area contributed by atoms with Crippen molar-refractivity contribution in [2.24, 2.45) is 0 Å². The van der Waals surface area contributed by atoms with Gasteiger partial charge < -0.3 is 10.4 Å². The largest absolute Gasteiger partial charge is 0.478 e. The second kappa shape index (κ2) is 5.54. The third-order valence-corrected chi connectivity index (χ3v) is 4.13. The van der Waals surface area contributed by atoms with Crippen molar-refractivity contribution in [3.8, 4) is 0 Å². The van der Waals surface area contributed by atoms with Gasteiger partial charge in [-0.3, -0.25) is 0 Å². The smallest absolute Gasteiger partial charge is 0.335 e. The van der Waals surface area contributed by atoms with Crippen molar-refractivity contribution in [3.63, 3.8) is 0 Å². The maximum absolute atomic E-state index is 10.8. The predicted molar refractivity (Wildman–Crippen MR) is 85.1 cm³/mol. The number of carboxylic acid groups (broad SMARTS) is 1. The molecule has 0 aliphatic heterocycles. The van der Waals surface area contributed by atoms with Crippen LogP contribution in [0.3, 0.4) is 0 Å². The van der Waals surface area contributed by atoms with Gasteiger partial charge in [-0.25, -0.2) is 9.78 Å². The van der Waals surface area contributed by atoms with Gasteiger partial charge in [0.15, 0.2) is 0 Å². The molecule has 5 heteroatoms. The van der Waals surface area contributed by atoms with Crippen LogP contribution in [0.2, 0.25) is 0 Å². The van der Waals surface area contributed by atoms with E-state index in [1.54, 1.807) is 23.5 Å². The Balaban J connectivity index is 1.71. The first-order valence-electron chi connectivity index (χ1n) is 6.55. The molecule has 3 rings (SSSR count). The summed E-state index contributed by atoms with van der Waals surface area (Å²) in [6.45, 7) is 2.66. The Kier molecular flexibility index (Phi) is 3.58. The summed E-state index contributed by atoms with van der Waals surface area (Å²) in [6, 6.07) is 13.0. The number of rotatable bonds is 4. The molecule has 21 heavy (non-hydrogen) atoms. The van der Waals surface area contributed by atoms with Gasteiger partial charge in [0.05, 0.1) is 20.8 Å². The van der Waals surface area contributed by atoms with Crippen LogP contribution in [-0.2, 0) is 6.54 Å². The van der Waals surface area contributed by atoms with Gasteiger partial charge in [-0.15, -0.1) is 11.3 Å². The molecule has 0 atom stereocenters. The number of benzene rings is 2. The van der Waals surface area contributed by atoms with E-state index in [1.165, 1.54) is 4.70 Å². The van der Waals surface area contributed by atoms with E-state index in [0.29, 0.717) is 12.1 Å². The quantitative estimate of drug-likeness (QED) is 0.766. The second-order valence-electron chi connectivity index (χ2n) is 4.77. The summed E-state index contributed by atoms with van der Waals surface area (Å²) < 4.78 is 1.17. The molecule has 1 aromatic heterocycles. The fraction of sp³-hybridized carbons (Fsp3) is 0.125. The van der Waals surface area contributed by atoms with Crippen molar-refractivity contribution in [1.29, 1.82) is 0 Å². The number of nitrogens with one attached hydrogen (secondary N) is 1. The number of aromatic carboxylic acids is 1. The molecule has 0 amide bonds. The summed E-state index contributed by atoms with van der Waals surface area (Å²) in [5.74, 6) is -0.902. The van der Waals surface area contributed by atoms with Gasteiger partial charge >= 0.3 is 5.97 Å². The van der Waals surface area contributed by atoms with Crippen molar-refractivity contribution in [2.75, 3.05) is 5.32 Å². The van der Waals surface area contributed by atoms with Gasteiger partial charge in [0.2, 0.25) is 0 Å². The van der Waals surface area contributed by atoms with E-state index in [2.05, 4.69) is 16.4 Å². The zero-order valence-electron chi connectivity index (χ0n) is 11.5. The van der Waals surface area contributed by atoms with Crippen LogP contribution in [0, 0.1) is 6.92 Å². The lowest BCUT2D eigenvalue weighted by Gasteiger charge is -2.06. The van der Waals surface area contributed by atoms with Crippen molar-refractivity contribution < 1.29 is 9.90 Å². The standard InChI is InChI=1S/C16H14N2O2S/c1-10-18-14-7-6-13(8-15(14)21-10)17-9-11-2-4-12(5-3-11)16(19)20/h2-8,17H,9H2,1H3,(H,19,20). The third kappa shape index (κ3) is 3.03. The highest BCUT2D eigenvalue weighted by Gasteiger charge is 2.03. The topological polar surface area (TPSA) is 62.2 Å². The molecular formula is C16H14N2O2S. The number of aromatic nitrogens is 1. The van der Waals surface area contributed by atoms with E-state index in [1.807, 2.05) is 31.2 Å². The van der Waals surface area contributed by atoms with E-state index in [9.17, 15) is 4.79 Å². The van der Waals surface area contributed by atoms with Gasteiger partial charge in [0, 0.05) is 12.2 Å². The molecule has 4 nitrogen and oxygen atoms in total. The molecule has 3 aromatic rings.